The summed E-state index contributed by atoms with van der Waals surface area (Å²) in [5.41, 5.74) is -0.394. The zero-order chi connectivity index (χ0) is 16.9. The highest BCUT2D eigenvalue weighted by molar-refractivity contribution is 5.82. The average molecular weight is 314 g/mol. The standard InChI is InChI=1S/C19H26N2O2/c1-18(2,3)23-17(22)19(14-16-10-6-4-7-11-16)12-8-5-9-13-21(19)15-20/h4,6-7,10-11H,5,8-9,12-14H2,1-3H3. The third-order valence-electron chi connectivity index (χ3n) is 4.23. The minimum absolute atomic E-state index is 0.280. The average Bonchev–Trinajstić information content (AvgIpc) is 2.69. The lowest BCUT2D eigenvalue weighted by molar-refractivity contribution is -0.168. The lowest BCUT2D eigenvalue weighted by atomic mass is 9.85. The Morgan fingerprint density at radius 1 is 1.26 bits per heavy atom. The van der Waals surface area contributed by atoms with Crippen molar-refractivity contribution in [2.24, 2.45) is 0 Å². The molecule has 1 aromatic rings. The van der Waals surface area contributed by atoms with E-state index in [0.717, 1.165) is 24.8 Å². The van der Waals surface area contributed by atoms with Crippen LogP contribution in [0.1, 0.15) is 52.0 Å². The van der Waals surface area contributed by atoms with Crippen molar-refractivity contribution in [1.29, 1.82) is 5.26 Å². The maximum Gasteiger partial charge on any atom is 0.333 e. The van der Waals surface area contributed by atoms with Gasteiger partial charge in [-0.1, -0.05) is 43.2 Å². The second kappa shape index (κ2) is 7.04. The van der Waals surface area contributed by atoms with Crippen molar-refractivity contribution in [2.75, 3.05) is 6.54 Å². The maximum absolute atomic E-state index is 13.0. The monoisotopic (exact) mass is 314 g/mol. The van der Waals surface area contributed by atoms with Gasteiger partial charge in [0.25, 0.3) is 0 Å². The molecule has 0 bridgehead atoms. The number of esters is 1. The van der Waals surface area contributed by atoms with E-state index in [-0.39, 0.29) is 5.97 Å². The lowest BCUT2D eigenvalue weighted by Gasteiger charge is -2.39. The number of hydrogen-bond donors (Lipinski definition) is 0. The van der Waals surface area contributed by atoms with E-state index < -0.39 is 11.1 Å². The number of rotatable bonds is 3. The first-order valence-electron chi connectivity index (χ1n) is 8.32. The number of benzene rings is 1. The fourth-order valence-corrected chi connectivity index (χ4v) is 3.13. The fraction of sp³-hybridized carbons (Fsp3) is 0.579. The molecule has 2 rings (SSSR count). The molecule has 1 aliphatic heterocycles. The fourth-order valence-electron chi connectivity index (χ4n) is 3.13. The van der Waals surface area contributed by atoms with Crippen LogP contribution >= 0.6 is 0 Å². The highest BCUT2D eigenvalue weighted by Gasteiger charge is 2.47. The molecule has 1 unspecified atom stereocenters. The van der Waals surface area contributed by atoms with E-state index in [4.69, 9.17) is 4.74 Å². The number of ether oxygens (including phenoxy) is 1. The van der Waals surface area contributed by atoms with Crippen molar-refractivity contribution in [1.82, 2.24) is 4.90 Å². The molecule has 0 aromatic heterocycles. The molecular weight excluding hydrogens is 288 g/mol. The predicted molar refractivity (Wildman–Crippen MR) is 89.5 cm³/mol. The Bertz CT molecular complexity index is 571. The van der Waals surface area contributed by atoms with Gasteiger partial charge in [-0.2, -0.15) is 5.26 Å². The van der Waals surface area contributed by atoms with Crippen LogP contribution in [-0.2, 0) is 16.0 Å². The van der Waals surface area contributed by atoms with Crippen molar-refractivity contribution < 1.29 is 9.53 Å². The molecule has 4 nitrogen and oxygen atoms in total. The van der Waals surface area contributed by atoms with E-state index in [1.165, 1.54) is 0 Å². The molecule has 0 saturated carbocycles. The van der Waals surface area contributed by atoms with Gasteiger partial charge in [-0.05, 0) is 39.2 Å². The third kappa shape index (κ3) is 4.25. The SMILES string of the molecule is CC(C)(C)OC(=O)C1(Cc2ccccc2)CCCCCN1C#N. The van der Waals surface area contributed by atoms with E-state index in [1.807, 2.05) is 51.1 Å². The third-order valence-corrected chi connectivity index (χ3v) is 4.23. The summed E-state index contributed by atoms with van der Waals surface area (Å²) < 4.78 is 5.71. The molecular formula is C19H26N2O2. The minimum Gasteiger partial charge on any atom is -0.458 e. The topological polar surface area (TPSA) is 53.3 Å². The van der Waals surface area contributed by atoms with Crippen LogP contribution in [0.25, 0.3) is 0 Å². The summed E-state index contributed by atoms with van der Waals surface area (Å²) in [7, 11) is 0. The summed E-state index contributed by atoms with van der Waals surface area (Å²) in [6.45, 7) is 6.22. The van der Waals surface area contributed by atoms with Crippen LogP contribution in [0.3, 0.4) is 0 Å². The second-order valence-electron chi connectivity index (χ2n) is 7.26. The van der Waals surface area contributed by atoms with Gasteiger partial charge in [0.15, 0.2) is 11.7 Å². The first kappa shape index (κ1) is 17.3. The van der Waals surface area contributed by atoms with Gasteiger partial charge < -0.3 is 4.74 Å². The molecule has 1 fully saturated rings. The summed E-state index contributed by atoms with van der Waals surface area (Å²) in [6.07, 6.45) is 6.33. The van der Waals surface area contributed by atoms with Gasteiger partial charge in [0.2, 0.25) is 0 Å². The van der Waals surface area contributed by atoms with Gasteiger partial charge in [0.05, 0.1) is 0 Å². The normalized spacial score (nSPS) is 22.1. The first-order valence-corrected chi connectivity index (χ1v) is 8.32. The Labute approximate surface area is 139 Å². The van der Waals surface area contributed by atoms with Crippen LogP contribution < -0.4 is 0 Å². The molecule has 1 heterocycles. The van der Waals surface area contributed by atoms with Gasteiger partial charge in [-0.25, -0.2) is 4.79 Å². The Morgan fingerprint density at radius 2 is 1.96 bits per heavy atom. The number of likely N-dealkylation sites (tertiary alicyclic amines) is 1. The predicted octanol–water partition coefficient (Wildman–Crippen LogP) is 3.67. The van der Waals surface area contributed by atoms with E-state index in [1.54, 1.807) is 4.90 Å². The molecule has 4 heteroatoms. The zero-order valence-electron chi connectivity index (χ0n) is 14.3. The smallest absolute Gasteiger partial charge is 0.333 e. The second-order valence-corrected chi connectivity index (χ2v) is 7.26. The number of carbonyl (C=O) groups is 1. The number of hydrogen-bond acceptors (Lipinski definition) is 4. The lowest BCUT2D eigenvalue weighted by Crippen LogP contribution is -2.56. The Morgan fingerprint density at radius 3 is 2.57 bits per heavy atom. The van der Waals surface area contributed by atoms with E-state index >= 15 is 0 Å². The highest BCUT2D eigenvalue weighted by Crippen LogP contribution is 2.33. The van der Waals surface area contributed by atoms with Crippen LogP contribution in [0.4, 0.5) is 0 Å². The largest absolute Gasteiger partial charge is 0.458 e. The molecule has 0 N–H and O–H groups in total. The number of nitrogens with zero attached hydrogens (tertiary/aromatic N) is 2. The summed E-state index contributed by atoms with van der Waals surface area (Å²) in [5, 5.41) is 9.65. The molecule has 23 heavy (non-hydrogen) atoms. The van der Waals surface area contributed by atoms with Gasteiger partial charge in [0, 0.05) is 13.0 Å². The summed E-state index contributed by atoms with van der Waals surface area (Å²) >= 11 is 0. The van der Waals surface area contributed by atoms with Crippen molar-refractivity contribution in [3.05, 3.63) is 35.9 Å². The summed E-state index contributed by atoms with van der Waals surface area (Å²) in [6, 6.07) is 9.90. The van der Waals surface area contributed by atoms with Gasteiger partial charge in [-0.15, -0.1) is 0 Å². The van der Waals surface area contributed by atoms with Crippen LogP contribution in [0.15, 0.2) is 30.3 Å². The number of carbonyl (C=O) groups excluding carboxylic acids is 1. The van der Waals surface area contributed by atoms with Crippen molar-refractivity contribution in [3.63, 3.8) is 0 Å². The molecule has 1 atom stereocenters. The number of nitriles is 1. The Kier molecular flexibility index (Phi) is 5.30. The first-order chi connectivity index (χ1) is 10.9. The van der Waals surface area contributed by atoms with Crippen LogP contribution in [0, 0.1) is 11.5 Å². The van der Waals surface area contributed by atoms with Crippen LogP contribution in [0.5, 0.6) is 0 Å². The molecule has 0 aliphatic carbocycles. The molecule has 1 aromatic carbocycles. The molecule has 124 valence electrons. The van der Waals surface area contributed by atoms with Gasteiger partial charge in [0.1, 0.15) is 5.60 Å². The quantitative estimate of drug-likeness (QED) is 0.631. The molecule has 0 amide bonds. The zero-order valence-corrected chi connectivity index (χ0v) is 14.3. The molecule has 1 aliphatic rings. The van der Waals surface area contributed by atoms with Crippen molar-refractivity contribution >= 4 is 5.97 Å². The molecule has 0 radical (unpaired) electrons. The van der Waals surface area contributed by atoms with Crippen molar-refractivity contribution in [2.45, 2.75) is 64.0 Å². The Balaban J connectivity index is 2.40. The van der Waals surface area contributed by atoms with E-state index in [0.29, 0.717) is 19.4 Å². The van der Waals surface area contributed by atoms with Gasteiger partial charge >= 0.3 is 5.97 Å². The van der Waals surface area contributed by atoms with E-state index in [9.17, 15) is 10.1 Å². The minimum atomic E-state index is -0.889. The highest BCUT2D eigenvalue weighted by atomic mass is 16.6. The van der Waals surface area contributed by atoms with E-state index in [2.05, 4.69) is 6.19 Å². The Hall–Kier alpha value is -2.02. The summed E-state index contributed by atoms with van der Waals surface area (Å²) in [5.74, 6) is -0.280. The van der Waals surface area contributed by atoms with Gasteiger partial charge in [-0.3, -0.25) is 4.90 Å². The maximum atomic E-state index is 13.0. The molecule has 1 saturated heterocycles. The van der Waals surface area contributed by atoms with Crippen LogP contribution in [0.2, 0.25) is 0 Å². The van der Waals surface area contributed by atoms with Crippen molar-refractivity contribution in [3.8, 4) is 6.19 Å². The molecule has 0 spiro atoms. The van der Waals surface area contributed by atoms with Crippen LogP contribution in [-0.4, -0.2) is 28.6 Å². The summed E-state index contributed by atoms with van der Waals surface area (Å²) in [4.78, 5) is 14.7.